The second kappa shape index (κ2) is 13.1. The van der Waals surface area contributed by atoms with Gasteiger partial charge >= 0.3 is 6.09 Å². The predicted octanol–water partition coefficient (Wildman–Crippen LogP) is 3.67. The molecule has 0 radical (unpaired) electrons. The van der Waals surface area contributed by atoms with E-state index in [1.54, 1.807) is 53.3 Å². The Labute approximate surface area is 222 Å². The number of nitrogens with one attached hydrogen (secondary N) is 3. The predicted molar refractivity (Wildman–Crippen MR) is 143 cm³/mol. The van der Waals surface area contributed by atoms with E-state index in [4.69, 9.17) is 9.47 Å². The molecule has 2 heterocycles. The maximum Gasteiger partial charge on any atom is 0.411 e. The fourth-order valence-electron chi connectivity index (χ4n) is 3.79. The number of nitrogens with zero attached hydrogens (tertiary/aromatic N) is 3. The van der Waals surface area contributed by atoms with Crippen LogP contribution in [0.3, 0.4) is 0 Å². The van der Waals surface area contributed by atoms with Gasteiger partial charge in [-0.2, -0.15) is 4.98 Å². The van der Waals surface area contributed by atoms with E-state index < -0.39 is 17.7 Å². The summed E-state index contributed by atoms with van der Waals surface area (Å²) in [6.45, 7) is 6.09. The Balaban J connectivity index is 1.49. The van der Waals surface area contributed by atoms with Gasteiger partial charge in [-0.05, 0) is 51.5 Å². The van der Waals surface area contributed by atoms with Crippen LogP contribution in [0.4, 0.5) is 26.6 Å². The van der Waals surface area contributed by atoms with Gasteiger partial charge in [0.1, 0.15) is 23.3 Å². The largest absolute Gasteiger partial charge is 0.444 e. The number of rotatable bonds is 8. The third-order valence-corrected chi connectivity index (χ3v) is 5.65. The van der Waals surface area contributed by atoms with Crippen LogP contribution in [0.25, 0.3) is 0 Å². The van der Waals surface area contributed by atoms with E-state index >= 15 is 0 Å². The monoisotopic (exact) mass is 526 g/mol. The van der Waals surface area contributed by atoms with Crippen LogP contribution in [-0.2, 0) is 14.3 Å². The smallest absolute Gasteiger partial charge is 0.411 e. The summed E-state index contributed by atoms with van der Waals surface area (Å²) in [6, 6.07) is 5.26. The van der Waals surface area contributed by atoms with Crippen LogP contribution < -0.4 is 16.0 Å². The molecule has 0 spiro atoms. The van der Waals surface area contributed by atoms with Crippen molar-refractivity contribution in [1.29, 1.82) is 0 Å². The van der Waals surface area contributed by atoms with Gasteiger partial charge < -0.3 is 25.4 Å². The van der Waals surface area contributed by atoms with E-state index in [9.17, 15) is 14.0 Å². The number of hydrogen-bond donors (Lipinski definition) is 3. The highest BCUT2D eigenvalue weighted by Gasteiger charge is 2.41. The molecule has 1 aliphatic heterocycles. The van der Waals surface area contributed by atoms with Crippen LogP contribution in [0.15, 0.2) is 30.5 Å². The minimum atomic E-state index is -0.653. The van der Waals surface area contributed by atoms with Gasteiger partial charge in [0.15, 0.2) is 0 Å². The minimum absolute atomic E-state index is 0.218. The molecule has 2 amide bonds. The average Bonchev–Trinajstić information content (AvgIpc) is 3.32. The molecule has 10 nitrogen and oxygen atoms in total. The second-order valence-electron chi connectivity index (χ2n) is 9.78. The van der Waals surface area contributed by atoms with E-state index in [0.717, 1.165) is 0 Å². The van der Waals surface area contributed by atoms with Gasteiger partial charge in [0, 0.05) is 39.2 Å². The number of anilines is 3. The lowest BCUT2D eigenvalue weighted by Crippen LogP contribution is -2.47. The highest BCUT2D eigenvalue weighted by atomic mass is 19.1. The first kappa shape index (κ1) is 28.7. The number of likely N-dealkylation sites (tertiary alicyclic amines) is 1. The average molecular weight is 527 g/mol. The van der Waals surface area contributed by atoms with Crippen molar-refractivity contribution >= 4 is 29.5 Å². The van der Waals surface area contributed by atoms with Crippen molar-refractivity contribution in [3.8, 4) is 11.8 Å². The lowest BCUT2D eigenvalue weighted by atomic mass is 10.2. The number of methoxy groups -OCH3 is 1. The highest BCUT2D eigenvalue weighted by Crippen LogP contribution is 2.23. The first-order valence-electron chi connectivity index (χ1n) is 12.5. The molecule has 1 fully saturated rings. The summed E-state index contributed by atoms with van der Waals surface area (Å²) in [5.74, 6) is 6.48. The van der Waals surface area contributed by atoms with Gasteiger partial charge in [0.2, 0.25) is 11.9 Å². The fraction of sp³-hybridized carbons (Fsp3) is 0.481. The maximum atomic E-state index is 13.1. The van der Waals surface area contributed by atoms with Gasteiger partial charge in [-0.15, -0.1) is 0 Å². The molecule has 1 aromatic carbocycles. The number of amides is 2. The molecule has 1 aromatic heterocycles. The maximum absolute atomic E-state index is 13.1. The molecule has 204 valence electrons. The van der Waals surface area contributed by atoms with Crippen LogP contribution in [0, 0.1) is 17.7 Å². The summed E-state index contributed by atoms with van der Waals surface area (Å²) >= 11 is 0. The molecule has 3 N–H and O–H groups in total. The van der Waals surface area contributed by atoms with E-state index in [0.29, 0.717) is 55.4 Å². The Morgan fingerprint density at radius 1 is 1.24 bits per heavy atom. The van der Waals surface area contributed by atoms with E-state index in [-0.39, 0.29) is 17.8 Å². The summed E-state index contributed by atoms with van der Waals surface area (Å²) in [4.78, 5) is 35.5. The molecule has 0 aliphatic carbocycles. The number of benzene rings is 1. The van der Waals surface area contributed by atoms with Crippen molar-refractivity contribution in [2.45, 2.75) is 57.8 Å². The Morgan fingerprint density at radius 2 is 1.97 bits per heavy atom. The van der Waals surface area contributed by atoms with Crippen LogP contribution in [0.1, 0.15) is 45.6 Å². The van der Waals surface area contributed by atoms with E-state index in [1.165, 1.54) is 17.0 Å². The van der Waals surface area contributed by atoms with Crippen molar-refractivity contribution in [3.05, 3.63) is 41.8 Å². The zero-order valence-electron chi connectivity index (χ0n) is 22.4. The zero-order chi connectivity index (χ0) is 27.7. The van der Waals surface area contributed by atoms with Crippen LogP contribution >= 0.6 is 0 Å². The minimum Gasteiger partial charge on any atom is -0.444 e. The van der Waals surface area contributed by atoms with Gasteiger partial charge in [0.05, 0.1) is 24.4 Å². The van der Waals surface area contributed by atoms with Crippen molar-refractivity contribution in [2.75, 3.05) is 37.9 Å². The van der Waals surface area contributed by atoms with Crippen LogP contribution in [0.5, 0.6) is 0 Å². The fourth-order valence-corrected chi connectivity index (χ4v) is 3.79. The summed E-state index contributed by atoms with van der Waals surface area (Å²) in [7, 11) is 3.31. The van der Waals surface area contributed by atoms with Crippen LogP contribution in [0.2, 0.25) is 0 Å². The van der Waals surface area contributed by atoms with E-state index in [2.05, 4.69) is 37.8 Å². The van der Waals surface area contributed by atoms with Gasteiger partial charge in [0.25, 0.3) is 0 Å². The van der Waals surface area contributed by atoms with E-state index in [1.807, 2.05) is 0 Å². The third-order valence-electron chi connectivity index (χ3n) is 5.65. The van der Waals surface area contributed by atoms with Gasteiger partial charge in [-0.1, -0.05) is 11.8 Å². The molecule has 1 aliphatic rings. The zero-order valence-corrected chi connectivity index (χ0v) is 22.4. The molecule has 0 bridgehead atoms. The second-order valence-corrected chi connectivity index (χ2v) is 9.78. The molecule has 11 heteroatoms. The molecule has 0 saturated carbocycles. The van der Waals surface area contributed by atoms with Crippen LogP contribution in [-0.4, -0.2) is 71.9 Å². The molecule has 2 aromatic rings. The van der Waals surface area contributed by atoms with Gasteiger partial charge in [-0.3, -0.25) is 9.69 Å². The number of hydrogen-bond acceptors (Lipinski definition) is 8. The molecular formula is C27H35FN6O4. The Bertz CT molecular complexity index is 1170. The third kappa shape index (κ3) is 8.31. The molecule has 2 atom stereocenters. The van der Waals surface area contributed by atoms with Gasteiger partial charge in [-0.25, -0.2) is 14.2 Å². The van der Waals surface area contributed by atoms with Crippen molar-refractivity contribution < 1.29 is 23.5 Å². The molecule has 3 rings (SSSR count). The Hall–Kier alpha value is -3.91. The topological polar surface area (TPSA) is 118 Å². The summed E-state index contributed by atoms with van der Waals surface area (Å²) < 4.78 is 23.9. The standard InChI is InChI=1S/C27H35FN6O4/c1-27(2,3)38-26(36)34-17-21(37-5)15-22(34)24(35)30-14-8-6-7-9-18-16-31-25(33-23(18)29-4)32-20-12-10-19(28)11-13-20/h10-13,16,21-22H,6,8,14-15,17H2,1-5H3,(H,30,35)(H2,29,31,32,33)/t21-,22+/m1/s1. The lowest BCUT2D eigenvalue weighted by Gasteiger charge is -2.27. The lowest BCUT2D eigenvalue weighted by molar-refractivity contribution is -0.125. The number of carbonyl (C=O) groups is 2. The first-order valence-corrected chi connectivity index (χ1v) is 12.5. The number of carbonyl (C=O) groups excluding carboxylic acids is 2. The summed E-state index contributed by atoms with van der Waals surface area (Å²) in [6.07, 6.45) is 2.46. The number of ether oxygens (including phenoxy) is 2. The first-order chi connectivity index (χ1) is 18.1. The quantitative estimate of drug-likeness (QED) is 0.352. The summed E-state index contributed by atoms with van der Waals surface area (Å²) in [5.41, 5.74) is 0.643. The Morgan fingerprint density at radius 3 is 2.63 bits per heavy atom. The Kier molecular flexibility index (Phi) is 9.85. The SMILES string of the molecule is CNc1nc(Nc2ccc(F)cc2)ncc1C#CCCCNC(=O)[C@@H]1C[C@@H](OC)CN1C(=O)OC(C)(C)C. The highest BCUT2D eigenvalue weighted by molar-refractivity contribution is 5.86. The van der Waals surface area contributed by atoms with Crippen molar-refractivity contribution in [1.82, 2.24) is 20.2 Å². The van der Waals surface area contributed by atoms with Crippen molar-refractivity contribution in [3.63, 3.8) is 0 Å². The number of aromatic nitrogens is 2. The molecular weight excluding hydrogens is 491 g/mol. The molecule has 0 unspecified atom stereocenters. The number of unbranched alkanes of at least 4 members (excludes halogenated alkanes) is 1. The molecule has 1 saturated heterocycles. The van der Waals surface area contributed by atoms with Crippen molar-refractivity contribution in [2.24, 2.45) is 0 Å². The summed E-state index contributed by atoms with van der Waals surface area (Å²) in [5, 5.41) is 8.91. The normalized spacial score (nSPS) is 16.8. The molecule has 38 heavy (non-hydrogen) atoms. The number of halogens is 1.